The topological polar surface area (TPSA) is 70.5 Å². The second-order valence-electron chi connectivity index (χ2n) is 4.57. The molecule has 0 atom stereocenters. The highest BCUT2D eigenvalue weighted by Gasteiger charge is 2.15. The van der Waals surface area contributed by atoms with Gasteiger partial charge in [-0.3, -0.25) is 0 Å². The lowest BCUT2D eigenvalue weighted by atomic mass is 10.1. The van der Waals surface area contributed by atoms with Gasteiger partial charge in [-0.15, -0.1) is 0 Å². The van der Waals surface area contributed by atoms with E-state index >= 15 is 0 Å². The molecule has 0 unspecified atom stereocenters. The first-order valence-corrected chi connectivity index (χ1v) is 6.38. The summed E-state index contributed by atoms with van der Waals surface area (Å²) in [6, 6.07) is 9.48. The summed E-state index contributed by atoms with van der Waals surface area (Å²) in [5, 5.41) is 3.87. The molecule has 2 N–H and O–H groups in total. The first-order valence-electron chi connectivity index (χ1n) is 6.38. The fraction of sp³-hybridized carbons (Fsp3) is 0.357. The fourth-order valence-electron chi connectivity index (χ4n) is 2.12. The second kappa shape index (κ2) is 5.32. The zero-order valence-electron chi connectivity index (χ0n) is 10.5. The average Bonchev–Trinajstić information content (AvgIpc) is 2.87. The lowest BCUT2D eigenvalue weighted by Gasteiger charge is -2.23. The lowest BCUT2D eigenvalue weighted by Crippen LogP contribution is -2.25. The summed E-state index contributed by atoms with van der Waals surface area (Å²) >= 11 is 0. The summed E-state index contributed by atoms with van der Waals surface area (Å²) in [4.78, 5) is 0. The molecule has 2 heterocycles. The number of hydrogen-bond acceptors (Lipinski definition) is 5. The molecule has 0 amide bonds. The Kier molecular flexibility index (Phi) is 3.37. The number of anilines is 1. The van der Waals surface area contributed by atoms with Crippen molar-refractivity contribution in [2.45, 2.75) is 18.9 Å². The van der Waals surface area contributed by atoms with Gasteiger partial charge in [0, 0.05) is 24.5 Å². The van der Waals surface area contributed by atoms with Crippen LogP contribution in [-0.2, 0) is 4.74 Å². The van der Waals surface area contributed by atoms with Crippen molar-refractivity contribution in [2.24, 2.45) is 0 Å². The van der Waals surface area contributed by atoms with Crippen LogP contribution in [0.4, 0.5) is 5.88 Å². The van der Waals surface area contributed by atoms with E-state index in [1.165, 1.54) is 0 Å². The van der Waals surface area contributed by atoms with Gasteiger partial charge in [-0.25, -0.2) is 0 Å². The molecule has 1 aliphatic rings. The van der Waals surface area contributed by atoms with Gasteiger partial charge in [0.25, 0.3) is 0 Å². The number of rotatable bonds is 3. The van der Waals surface area contributed by atoms with Crippen LogP contribution in [0, 0.1) is 0 Å². The third-order valence-electron chi connectivity index (χ3n) is 3.15. The standard InChI is InChI=1S/C14H16N2O3/c15-14-9-13(16-19-14)10-1-3-11(4-2-10)18-12-5-7-17-8-6-12/h1-4,9,12H,5-8,15H2. The minimum atomic E-state index is 0.252. The number of hydrogen-bond donors (Lipinski definition) is 1. The summed E-state index contributed by atoms with van der Waals surface area (Å²) in [6.45, 7) is 1.56. The van der Waals surface area contributed by atoms with E-state index in [-0.39, 0.29) is 6.10 Å². The summed E-state index contributed by atoms with van der Waals surface area (Å²) in [5.41, 5.74) is 7.19. The largest absolute Gasteiger partial charge is 0.490 e. The van der Waals surface area contributed by atoms with Gasteiger partial charge in [-0.2, -0.15) is 0 Å². The van der Waals surface area contributed by atoms with Crippen LogP contribution in [0.3, 0.4) is 0 Å². The quantitative estimate of drug-likeness (QED) is 0.918. The molecule has 19 heavy (non-hydrogen) atoms. The average molecular weight is 260 g/mol. The molecule has 0 radical (unpaired) electrons. The molecule has 0 bridgehead atoms. The van der Waals surface area contributed by atoms with Crippen molar-refractivity contribution in [3.05, 3.63) is 30.3 Å². The number of aromatic nitrogens is 1. The van der Waals surface area contributed by atoms with Gasteiger partial charge in [-0.1, -0.05) is 5.16 Å². The van der Waals surface area contributed by atoms with Crippen LogP contribution in [0.2, 0.25) is 0 Å². The second-order valence-corrected chi connectivity index (χ2v) is 4.57. The van der Waals surface area contributed by atoms with E-state index in [4.69, 9.17) is 19.7 Å². The first kappa shape index (κ1) is 12.0. The van der Waals surface area contributed by atoms with Gasteiger partial charge >= 0.3 is 0 Å². The van der Waals surface area contributed by atoms with Crippen LogP contribution in [0.15, 0.2) is 34.9 Å². The highest BCUT2D eigenvalue weighted by molar-refractivity contribution is 5.61. The summed E-state index contributed by atoms with van der Waals surface area (Å²) in [7, 11) is 0. The molecule has 1 aromatic carbocycles. The number of ether oxygens (including phenoxy) is 2. The highest BCUT2D eigenvalue weighted by Crippen LogP contribution is 2.24. The van der Waals surface area contributed by atoms with Crippen molar-refractivity contribution in [1.82, 2.24) is 5.16 Å². The van der Waals surface area contributed by atoms with Gasteiger partial charge in [0.15, 0.2) is 0 Å². The normalized spacial score (nSPS) is 16.4. The SMILES string of the molecule is Nc1cc(-c2ccc(OC3CCOCC3)cc2)no1. The highest BCUT2D eigenvalue weighted by atomic mass is 16.5. The summed E-state index contributed by atoms with van der Waals surface area (Å²) in [5.74, 6) is 1.18. The zero-order chi connectivity index (χ0) is 13.1. The van der Waals surface area contributed by atoms with E-state index in [1.54, 1.807) is 6.07 Å². The van der Waals surface area contributed by atoms with E-state index in [0.29, 0.717) is 5.88 Å². The Balaban J connectivity index is 1.68. The van der Waals surface area contributed by atoms with Gasteiger partial charge in [-0.05, 0) is 24.3 Å². The van der Waals surface area contributed by atoms with E-state index in [2.05, 4.69) is 5.16 Å². The molecule has 5 nitrogen and oxygen atoms in total. The molecular formula is C14H16N2O3. The van der Waals surface area contributed by atoms with Crippen molar-refractivity contribution in [3.63, 3.8) is 0 Å². The van der Waals surface area contributed by atoms with Crippen LogP contribution < -0.4 is 10.5 Å². The molecule has 1 aromatic heterocycles. The first-order chi connectivity index (χ1) is 9.31. The molecule has 1 saturated heterocycles. The third kappa shape index (κ3) is 2.88. The van der Waals surface area contributed by atoms with Crippen LogP contribution >= 0.6 is 0 Å². The Morgan fingerprint density at radius 3 is 2.53 bits per heavy atom. The number of nitrogen functional groups attached to an aromatic ring is 1. The minimum absolute atomic E-state index is 0.252. The van der Waals surface area contributed by atoms with E-state index < -0.39 is 0 Å². The van der Waals surface area contributed by atoms with Gasteiger partial charge in [0.1, 0.15) is 17.5 Å². The van der Waals surface area contributed by atoms with Crippen LogP contribution in [0.5, 0.6) is 5.75 Å². The van der Waals surface area contributed by atoms with Crippen LogP contribution in [-0.4, -0.2) is 24.5 Å². The molecule has 100 valence electrons. The molecule has 2 aromatic rings. The minimum Gasteiger partial charge on any atom is -0.490 e. The molecule has 3 rings (SSSR count). The Morgan fingerprint density at radius 2 is 1.89 bits per heavy atom. The van der Waals surface area contributed by atoms with Crippen molar-refractivity contribution in [3.8, 4) is 17.0 Å². The summed E-state index contributed by atoms with van der Waals surface area (Å²) in [6.07, 6.45) is 2.14. The molecule has 0 aliphatic carbocycles. The molecule has 1 fully saturated rings. The Labute approximate surface area is 111 Å². The smallest absolute Gasteiger partial charge is 0.222 e. The van der Waals surface area contributed by atoms with Crippen molar-refractivity contribution in [2.75, 3.05) is 18.9 Å². The maximum atomic E-state index is 5.90. The van der Waals surface area contributed by atoms with Gasteiger partial charge in [0.05, 0.1) is 13.2 Å². The monoisotopic (exact) mass is 260 g/mol. The van der Waals surface area contributed by atoms with Crippen LogP contribution in [0.1, 0.15) is 12.8 Å². The molecule has 0 spiro atoms. The Morgan fingerprint density at radius 1 is 1.16 bits per heavy atom. The van der Waals surface area contributed by atoms with E-state index in [0.717, 1.165) is 43.1 Å². The third-order valence-corrected chi connectivity index (χ3v) is 3.15. The van der Waals surface area contributed by atoms with Crippen molar-refractivity contribution >= 4 is 5.88 Å². The molecule has 1 aliphatic heterocycles. The van der Waals surface area contributed by atoms with Gasteiger partial charge < -0.3 is 19.7 Å². The maximum Gasteiger partial charge on any atom is 0.222 e. The zero-order valence-corrected chi connectivity index (χ0v) is 10.5. The summed E-state index contributed by atoms with van der Waals surface area (Å²) < 4.78 is 16.1. The van der Waals surface area contributed by atoms with Gasteiger partial charge in [0.2, 0.25) is 5.88 Å². The number of nitrogens with two attached hydrogens (primary N) is 1. The Hall–Kier alpha value is -2.01. The van der Waals surface area contributed by atoms with E-state index in [9.17, 15) is 0 Å². The lowest BCUT2D eigenvalue weighted by molar-refractivity contribution is 0.0256. The molecule has 5 heteroatoms. The van der Waals surface area contributed by atoms with Crippen molar-refractivity contribution < 1.29 is 14.0 Å². The van der Waals surface area contributed by atoms with Crippen LogP contribution in [0.25, 0.3) is 11.3 Å². The predicted molar refractivity (Wildman–Crippen MR) is 70.8 cm³/mol. The number of benzene rings is 1. The predicted octanol–water partition coefficient (Wildman–Crippen LogP) is 2.48. The molecular weight excluding hydrogens is 244 g/mol. The Bertz CT molecular complexity index is 530. The molecule has 0 saturated carbocycles. The van der Waals surface area contributed by atoms with E-state index in [1.807, 2.05) is 24.3 Å². The van der Waals surface area contributed by atoms with Crippen molar-refractivity contribution in [1.29, 1.82) is 0 Å². The number of nitrogens with zero attached hydrogens (tertiary/aromatic N) is 1. The maximum absolute atomic E-state index is 5.90. The fourth-order valence-corrected chi connectivity index (χ4v) is 2.12.